The maximum absolute atomic E-state index is 5.72. The van der Waals surface area contributed by atoms with Gasteiger partial charge in [0.25, 0.3) is 0 Å². The number of methoxy groups -OCH3 is 1. The van der Waals surface area contributed by atoms with E-state index in [9.17, 15) is 0 Å². The zero-order chi connectivity index (χ0) is 8.32. The number of rotatable bonds is 5. The lowest BCUT2D eigenvalue weighted by Crippen LogP contribution is -2.41. The van der Waals surface area contributed by atoms with Gasteiger partial charge in [-0.15, -0.1) is 0 Å². The molecule has 2 nitrogen and oxygen atoms in total. The third kappa shape index (κ3) is 1.74. The van der Waals surface area contributed by atoms with Crippen molar-refractivity contribution >= 4 is 0 Å². The lowest BCUT2D eigenvalue weighted by Gasteiger charge is -2.30. The van der Waals surface area contributed by atoms with E-state index in [0.717, 1.165) is 12.3 Å². The Morgan fingerprint density at radius 3 is 2.45 bits per heavy atom. The van der Waals surface area contributed by atoms with Crippen molar-refractivity contribution in [2.24, 2.45) is 11.7 Å². The quantitative estimate of drug-likeness (QED) is 0.657. The van der Waals surface area contributed by atoms with E-state index in [2.05, 4.69) is 6.92 Å². The second-order valence-electron chi connectivity index (χ2n) is 3.50. The summed E-state index contributed by atoms with van der Waals surface area (Å²) in [6.07, 6.45) is 4.91. The molecule has 0 aromatic heterocycles. The maximum Gasteiger partial charge on any atom is 0.0828 e. The summed E-state index contributed by atoms with van der Waals surface area (Å²) in [6.45, 7) is 2.87. The molecule has 2 N–H and O–H groups in total. The molecular formula is C9H19NO. The Labute approximate surface area is 69.1 Å². The van der Waals surface area contributed by atoms with Crippen molar-refractivity contribution < 1.29 is 4.74 Å². The highest BCUT2D eigenvalue weighted by atomic mass is 16.5. The molecule has 1 saturated carbocycles. The summed E-state index contributed by atoms with van der Waals surface area (Å²) in [6, 6.07) is 0. The van der Waals surface area contributed by atoms with Crippen molar-refractivity contribution in [3.05, 3.63) is 0 Å². The van der Waals surface area contributed by atoms with Gasteiger partial charge in [-0.2, -0.15) is 0 Å². The van der Waals surface area contributed by atoms with Crippen molar-refractivity contribution in [3.63, 3.8) is 0 Å². The van der Waals surface area contributed by atoms with Gasteiger partial charge in [-0.1, -0.05) is 13.3 Å². The SMILES string of the molecule is CCCC(CN)(OC)C1CC1. The predicted molar refractivity (Wildman–Crippen MR) is 46.4 cm³/mol. The average Bonchev–Trinajstić information content (AvgIpc) is 2.83. The van der Waals surface area contributed by atoms with E-state index in [1.165, 1.54) is 19.3 Å². The summed E-state index contributed by atoms with van der Waals surface area (Å²) in [4.78, 5) is 0. The predicted octanol–water partition coefficient (Wildman–Crippen LogP) is 1.54. The fraction of sp³-hybridized carbons (Fsp3) is 1.00. The van der Waals surface area contributed by atoms with Gasteiger partial charge >= 0.3 is 0 Å². The fourth-order valence-electron chi connectivity index (χ4n) is 1.86. The molecule has 11 heavy (non-hydrogen) atoms. The molecule has 66 valence electrons. The van der Waals surface area contributed by atoms with Crippen molar-refractivity contribution in [3.8, 4) is 0 Å². The number of hydrogen-bond acceptors (Lipinski definition) is 2. The molecule has 1 aliphatic carbocycles. The molecule has 1 rings (SSSR count). The molecule has 0 bridgehead atoms. The minimum absolute atomic E-state index is 0.0226. The van der Waals surface area contributed by atoms with Crippen molar-refractivity contribution in [2.75, 3.05) is 13.7 Å². The van der Waals surface area contributed by atoms with Gasteiger partial charge in [-0.3, -0.25) is 0 Å². The summed E-state index contributed by atoms with van der Waals surface area (Å²) in [5.74, 6) is 0.748. The molecule has 0 saturated heterocycles. The van der Waals surface area contributed by atoms with E-state index in [0.29, 0.717) is 6.54 Å². The molecule has 2 heteroatoms. The highest BCUT2D eigenvalue weighted by Crippen LogP contribution is 2.43. The van der Waals surface area contributed by atoms with Crippen molar-refractivity contribution in [2.45, 2.75) is 38.2 Å². The first-order valence-corrected chi connectivity index (χ1v) is 4.54. The zero-order valence-electron chi connectivity index (χ0n) is 7.60. The van der Waals surface area contributed by atoms with Gasteiger partial charge in [-0.25, -0.2) is 0 Å². The standard InChI is InChI=1S/C9H19NO/c1-3-6-9(7-10,11-2)8-4-5-8/h8H,3-7,10H2,1-2H3. The lowest BCUT2D eigenvalue weighted by molar-refractivity contribution is -0.0289. The minimum Gasteiger partial charge on any atom is -0.377 e. The van der Waals surface area contributed by atoms with Crippen molar-refractivity contribution in [1.29, 1.82) is 0 Å². The summed E-state index contributed by atoms with van der Waals surface area (Å²) in [5.41, 5.74) is 5.74. The van der Waals surface area contributed by atoms with Gasteiger partial charge in [0.15, 0.2) is 0 Å². The Morgan fingerprint density at radius 1 is 1.55 bits per heavy atom. The van der Waals surface area contributed by atoms with E-state index >= 15 is 0 Å². The van der Waals surface area contributed by atoms with E-state index in [1.807, 2.05) is 0 Å². The molecule has 0 aromatic carbocycles. The monoisotopic (exact) mass is 157 g/mol. The van der Waals surface area contributed by atoms with Gasteiger partial charge in [0, 0.05) is 13.7 Å². The Kier molecular flexibility index (Phi) is 2.90. The smallest absolute Gasteiger partial charge is 0.0828 e. The fourth-order valence-corrected chi connectivity index (χ4v) is 1.86. The van der Waals surface area contributed by atoms with Crippen LogP contribution in [-0.4, -0.2) is 19.3 Å². The average molecular weight is 157 g/mol. The topological polar surface area (TPSA) is 35.2 Å². The molecular weight excluding hydrogens is 138 g/mol. The molecule has 1 unspecified atom stereocenters. The molecule has 0 aliphatic heterocycles. The highest BCUT2D eigenvalue weighted by molar-refractivity contribution is 4.96. The Hall–Kier alpha value is -0.0800. The second-order valence-corrected chi connectivity index (χ2v) is 3.50. The number of hydrogen-bond donors (Lipinski definition) is 1. The van der Waals surface area contributed by atoms with Crippen LogP contribution in [0.2, 0.25) is 0 Å². The van der Waals surface area contributed by atoms with Crippen LogP contribution in [0.1, 0.15) is 32.6 Å². The highest BCUT2D eigenvalue weighted by Gasteiger charge is 2.43. The molecule has 0 heterocycles. The van der Waals surface area contributed by atoms with Crippen LogP contribution < -0.4 is 5.73 Å². The molecule has 1 fully saturated rings. The van der Waals surface area contributed by atoms with Crippen LogP contribution in [0.15, 0.2) is 0 Å². The summed E-state index contributed by atoms with van der Waals surface area (Å²) in [7, 11) is 1.79. The van der Waals surface area contributed by atoms with Crippen molar-refractivity contribution in [1.82, 2.24) is 0 Å². The zero-order valence-corrected chi connectivity index (χ0v) is 7.60. The first-order valence-electron chi connectivity index (χ1n) is 4.54. The molecule has 1 aliphatic rings. The van der Waals surface area contributed by atoms with Gasteiger partial charge in [0.2, 0.25) is 0 Å². The third-order valence-electron chi connectivity index (χ3n) is 2.75. The summed E-state index contributed by atoms with van der Waals surface area (Å²) < 4.78 is 5.53. The molecule has 0 aromatic rings. The van der Waals surface area contributed by atoms with Crippen LogP contribution in [-0.2, 0) is 4.74 Å². The van der Waals surface area contributed by atoms with Gasteiger partial charge < -0.3 is 10.5 Å². The Balaban J connectivity index is 2.50. The first kappa shape index (κ1) is 9.01. The molecule has 1 atom stereocenters. The number of ether oxygens (including phenoxy) is 1. The van der Waals surface area contributed by atoms with Crippen LogP contribution in [0.25, 0.3) is 0 Å². The Bertz CT molecular complexity index is 117. The minimum atomic E-state index is 0.0226. The third-order valence-corrected chi connectivity index (χ3v) is 2.75. The maximum atomic E-state index is 5.72. The summed E-state index contributed by atoms with van der Waals surface area (Å²) >= 11 is 0. The summed E-state index contributed by atoms with van der Waals surface area (Å²) in [5, 5.41) is 0. The van der Waals surface area contributed by atoms with Gasteiger partial charge in [0.05, 0.1) is 5.60 Å². The molecule has 0 amide bonds. The van der Waals surface area contributed by atoms with E-state index in [4.69, 9.17) is 10.5 Å². The first-order chi connectivity index (χ1) is 5.29. The molecule has 0 spiro atoms. The van der Waals surface area contributed by atoms with Crippen LogP contribution in [0, 0.1) is 5.92 Å². The van der Waals surface area contributed by atoms with Gasteiger partial charge in [-0.05, 0) is 25.2 Å². The van der Waals surface area contributed by atoms with E-state index in [-0.39, 0.29) is 5.60 Å². The van der Waals surface area contributed by atoms with Gasteiger partial charge in [0.1, 0.15) is 0 Å². The van der Waals surface area contributed by atoms with E-state index in [1.54, 1.807) is 7.11 Å². The van der Waals surface area contributed by atoms with E-state index < -0.39 is 0 Å². The van der Waals surface area contributed by atoms with Crippen LogP contribution in [0.3, 0.4) is 0 Å². The largest absolute Gasteiger partial charge is 0.377 e. The lowest BCUT2D eigenvalue weighted by atomic mass is 9.92. The second kappa shape index (κ2) is 3.55. The number of nitrogens with two attached hydrogens (primary N) is 1. The van der Waals surface area contributed by atoms with Crippen LogP contribution in [0.4, 0.5) is 0 Å². The Morgan fingerprint density at radius 2 is 2.18 bits per heavy atom. The van der Waals surface area contributed by atoms with Crippen LogP contribution >= 0.6 is 0 Å². The normalized spacial score (nSPS) is 23.2. The molecule has 0 radical (unpaired) electrons. The van der Waals surface area contributed by atoms with Crippen LogP contribution in [0.5, 0.6) is 0 Å².